The monoisotopic (exact) mass is 228 g/mol. The summed E-state index contributed by atoms with van der Waals surface area (Å²) < 4.78 is 14.4. The molecule has 0 N–H and O–H groups in total. The molecular weight excluding hydrogens is 216 g/mol. The molecule has 0 aromatic rings. The molecule has 0 aliphatic heterocycles. The summed E-state index contributed by atoms with van der Waals surface area (Å²) in [7, 11) is 0. The second kappa shape index (κ2) is 5.89. The molecule has 6 heteroatoms. The number of esters is 1. The lowest BCUT2D eigenvalue weighted by Crippen LogP contribution is -2.34. The van der Waals surface area contributed by atoms with Gasteiger partial charge in [0.05, 0.1) is 0 Å². The average molecular weight is 228 g/mol. The highest BCUT2D eigenvalue weighted by Gasteiger charge is 2.30. The van der Waals surface area contributed by atoms with Gasteiger partial charge in [-0.1, -0.05) is 0 Å². The standard InChI is InChI=1S/C10H12O6/c1-7(13)16-8-2-3-9(14-5-11)10(4-8)15-6-12/h2,5-6,9-10H,3-4H2,1H3. The van der Waals surface area contributed by atoms with Gasteiger partial charge in [0.2, 0.25) is 0 Å². The Balaban J connectivity index is 2.64. The number of hydrogen-bond donors (Lipinski definition) is 0. The quantitative estimate of drug-likeness (QED) is 0.383. The molecule has 1 aliphatic rings. The van der Waals surface area contributed by atoms with Crippen LogP contribution in [0.25, 0.3) is 0 Å². The van der Waals surface area contributed by atoms with Crippen LogP contribution in [0.5, 0.6) is 0 Å². The van der Waals surface area contributed by atoms with E-state index in [-0.39, 0.29) is 12.9 Å². The molecule has 0 radical (unpaired) electrons. The third-order valence-electron chi connectivity index (χ3n) is 2.13. The number of carbonyl (C=O) groups is 3. The van der Waals surface area contributed by atoms with Crippen LogP contribution >= 0.6 is 0 Å². The first-order valence-corrected chi connectivity index (χ1v) is 4.73. The van der Waals surface area contributed by atoms with E-state index in [9.17, 15) is 14.4 Å². The van der Waals surface area contributed by atoms with E-state index in [4.69, 9.17) is 14.2 Å². The molecule has 0 fully saturated rings. The van der Waals surface area contributed by atoms with Crippen LogP contribution < -0.4 is 0 Å². The van der Waals surface area contributed by atoms with E-state index in [0.717, 1.165) is 0 Å². The van der Waals surface area contributed by atoms with Crippen molar-refractivity contribution in [3.05, 3.63) is 11.8 Å². The molecule has 2 atom stereocenters. The Morgan fingerprint density at radius 2 is 1.94 bits per heavy atom. The molecule has 0 saturated heterocycles. The van der Waals surface area contributed by atoms with E-state index < -0.39 is 18.2 Å². The zero-order chi connectivity index (χ0) is 12.0. The minimum absolute atomic E-state index is 0.219. The fourth-order valence-corrected chi connectivity index (χ4v) is 1.50. The van der Waals surface area contributed by atoms with Crippen LogP contribution in [0.3, 0.4) is 0 Å². The fourth-order valence-electron chi connectivity index (χ4n) is 1.50. The molecule has 2 unspecified atom stereocenters. The third kappa shape index (κ3) is 3.38. The van der Waals surface area contributed by atoms with E-state index in [1.807, 2.05) is 0 Å². The van der Waals surface area contributed by atoms with Crippen LogP contribution in [-0.2, 0) is 28.6 Å². The first-order valence-electron chi connectivity index (χ1n) is 4.73. The van der Waals surface area contributed by atoms with Gasteiger partial charge in [0, 0.05) is 19.8 Å². The molecular formula is C10H12O6. The maximum absolute atomic E-state index is 10.7. The summed E-state index contributed by atoms with van der Waals surface area (Å²) in [4.78, 5) is 31.2. The Kier molecular flexibility index (Phi) is 4.50. The zero-order valence-corrected chi connectivity index (χ0v) is 8.75. The summed E-state index contributed by atoms with van der Waals surface area (Å²) in [5.41, 5.74) is 0. The van der Waals surface area contributed by atoms with Crippen molar-refractivity contribution >= 4 is 18.9 Å². The van der Waals surface area contributed by atoms with Gasteiger partial charge >= 0.3 is 5.97 Å². The van der Waals surface area contributed by atoms with Crippen molar-refractivity contribution < 1.29 is 28.6 Å². The molecule has 1 aliphatic carbocycles. The smallest absolute Gasteiger partial charge is 0.307 e. The van der Waals surface area contributed by atoms with E-state index in [2.05, 4.69) is 0 Å². The Bertz CT molecular complexity index is 308. The Morgan fingerprint density at radius 3 is 2.50 bits per heavy atom. The highest BCUT2D eigenvalue weighted by Crippen LogP contribution is 2.24. The minimum Gasteiger partial charge on any atom is -0.460 e. The molecule has 0 saturated carbocycles. The second-order valence-corrected chi connectivity index (χ2v) is 3.25. The van der Waals surface area contributed by atoms with Crippen LogP contribution in [0, 0.1) is 0 Å². The molecule has 1 rings (SSSR count). The van der Waals surface area contributed by atoms with Crippen molar-refractivity contribution in [2.45, 2.75) is 32.0 Å². The molecule has 0 heterocycles. The van der Waals surface area contributed by atoms with E-state index in [1.54, 1.807) is 6.08 Å². The first-order chi connectivity index (χ1) is 7.67. The Labute approximate surface area is 92.2 Å². The number of ether oxygens (including phenoxy) is 3. The normalized spacial score (nSPS) is 23.9. The largest absolute Gasteiger partial charge is 0.460 e. The van der Waals surface area contributed by atoms with E-state index >= 15 is 0 Å². The number of carbonyl (C=O) groups excluding carboxylic acids is 3. The molecule has 16 heavy (non-hydrogen) atoms. The lowest BCUT2D eigenvalue weighted by molar-refractivity contribution is -0.153. The first kappa shape index (κ1) is 12.2. The maximum atomic E-state index is 10.7. The molecule has 0 bridgehead atoms. The van der Waals surface area contributed by atoms with E-state index in [1.165, 1.54) is 6.92 Å². The van der Waals surface area contributed by atoms with Gasteiger partial charge in [-0.15, -0.1) is 0 Å². The Hall–Kier alpha value is -1.85. The van der Waals surface area contributed by atoms with Gasteiger partial charge in [-0.25, -0.2) is 0 Å². The molecule has 0 aromatic heterocycles. The molecule has 0 aromatic carbocycles. The summed E-state index contributed by atoms with van der Waals surface area (Å²) in [5.74, 6) is -0.0176. The van der Waals surface area contributed by atoms with Crippen molar-refractivity contribution in [1.82, 2.24) is 0 Å². The zero-order valence-electron chi connectivity index (χ0n) is 8.75. The predicted octanol–water partition coefficient (Wildman–Crippen LogP) is 0.310. The van der Waals surface area contributed by atoms with Gasteiger partial charge in [-0.3, -0.25) is 14.4 Å². The van der Waals surface area contributed by atoms with Crippen molar-refractivity contribution in [2.75, 3.05) is 0 Å². The van der Waals surface area contributed by atoms with Crippen molar-refractivity contribution in [3.63, 3.8) is 0 Å². The predicted molar refractivity (Wildman–Crippen MR) is 51.0 cm³/mol. The molecule has 0 spiro atoms. The highest BCUT2D eigenvalue weighted by molar-refractivity contribution is 5.67. The van der Waals surface area contributed by atoms with Gasteiger partial charge in [0.1, 0.15) is 18.0 Å². The topological polar surface area (TPSA) is 78.9 Å². The minimum atomic E-state index is -0.609. The molecule has 88 valence electrons. The lowest BCUT2D eigenvalue weighted by atomic mass is 9.99. The average Bonchev–Trinajstić information content (AvgIpc) is 2.21. The van der Waals surface area contributed by atoms with Crippen molar-refractivity contribution in [2.24, 2.45) is 0 Å². The number of rotatable bonds is 5. The summed E-state index contributed by atoms with van der Waals surface area (Å²) in [5, 5.41) is 0. The van der Waals surface area contributed by atoms with Gasteiger partial charge in [0.25, 0.3) is 12.9 Å². The summed E-state index contributed by atoms with van der Waals surface area (Å²) in [6, 6.07) is 0. The van der Waals surface area contributed by atoms with Crippen LogP contribution in [0.4, 0.5) is 0 Å². The third-order valence-corrected chi connectivity index (χ3v) is 2.13. The second-order valence-electron chi connectivity index (χ2n) is 3.25. The van der Waals surface area contributed by atoms with Gasteiger partial charge in [0.15, 0.2) is 0 Å². The van der Waals surface area contributed by atoms with Crippen LogP contribution in [0.15, 0.2) is 11.8 Å². The van der Waals surface area contributed by atoms with Crippen molar-refractivity contribution in [3.8, 4) is 0 Å². The molecule has 0 amide bonds. The van der Waals surface area contributed by atoms with Gasteiger partial charge in [-0.05, 0) is 6.08 Å². The van der Waals surface area contributed by atoms with Gasteiger partial charge in [-0.2, -0.15) is 0 Å². The Morgan fingerprint density at radius 1 is 1.31 bits per heavy atom. The highest BCUT2D eigenvalue weighted by atomic mass is 16.6. The number of hydrogen-bond acceptors (Lipinski definition) is 6. The van der Waals surface area contributed by atoms with Crippen LogP contribution in [0.1, 0.15) is 19.8 Å². The summed E-state index contributed by atoms with van der Waals surface area (Å²) >= 11 is 0. The lowest BCUT2D eigenvalue weighted by Gasteiger charge is -2.27. The van der Waals surface area contributed by atoms with Crippen LogP contribution in [0.2, 0.25) is 0 Å². The molecule has 6 nitrogen and oxygen atoms in total. The van der Waals surface area contributed by atoms with Gasteiger partial charge < -0.3 is 14.2 Å². The van der Waals surface area contributed by atoms with E-state index in [0.29, 0.717) is 18.7 Å². The fraction of sp³-hybridized carbons (Fsp3) is 0.500. The van der Waals surface area contributed by atoms with Crippen LogP contribution in [-0.4, -0.2) is 31.1 Å². The SMILES string of the molecule is CC(=O)OC1=CCC(OC=O)C(OC=O)C1. The summed E-state index contributed by atoms with van der Waals surface area (Å²) in [6.07, 6.45) is 1.07. The summed E-state index contributed by atoms with van der Waals surface area (Å²) in [6.45, 7) is 1.86. The van der Waals surface area contributed by atoms with Crippen molar-refractivity contribution in [1.29, 1.82) is 0 Å². The maximum Gasteiger partial charge on any atom is 0.307 e.